The maximum absolute atomic E-state index is 9.84. The fourth-order valence-electron chi connectivity index (χ4n) is 1.62. The van der Waals surface area contributed by atoms with Crippen LogP contribution in [-0.4, -0.2) is 37.1 Å². The van der Waals surface area contributed by atoms with Gasteiger partial charge < -0.3 is 14.6 Å². The van der Waals surface area contributed by atoms with Gasteiger partial charge in [-0.1, -0.05) is 13.8 Å². The molecule has 0 saturated heterocycles. The molecule has 0 heterocycles. The van der Waals surface area contributed by atoms with Gasteiger partial charge in [0.1, 0.15) is 6.10 Å². The summed E-state index contributed by atoms with van der Waals surface area (Å²) in [7, 11) is 1.59. The third kappa shape index (κ3) is 3.25. The van der Waals surface area contributed by atoms with E-state index in [9.17, 15) is 5.11 Å². The summed E-state index contributed by atoms with van der Waals surface area (Å²) in [6, 6.07) is 0. The van der Waals surface area contributed by atoms with Crippen LogP contribution in [0.25, 0.3) is 0 Å². The third-order valence-electron chi connectivity index (χ3n) is 2.56. The molecule has 0 rings (SSSR count). The van der Waals surface area contributed by atoms with Crippen molar-refractivity contribution in [1.29, 1.82) is 0 Å². The van der Waals surface area contributed by atoms with Crippen molar-refractivity contribution in [3.05, 3.63) is 0 Å². The number of hydrogen-bond acceptors (Lipinski definition) is 3. The largest absolute Gasteiger partial charge is 0.388 e. The van der Waals surface area contributed by atoms with E-state index in [1.165, 1.54) is 0 Å². The first kappa shape index (κ1) is 12.9. The maximum Gasteiger partial charge on any atom is 0.106 e. The summed E-state index contributed by atoms with van der Waals surface area (Å²) in [4.78, 5) is 0. The summed E-state index contributed by atoms with van der Waals surface area (Å²) in [5.74, 6) is 0. The van der Waals surface area contributed by atoms with Crippen molar-refractivity contribution in [2.75, 3.05) is 20.3 Å². The molecule has 0 aliphatic carbocycles. The second-order valence-electron chi connectivity index (χ2n) is 3.18. The van der Waals surface area contributed by atoms with Crippen LogP contribution >= 0.6 is 0 Å². The fraction of sp³-hybridized carbons (Fsp3) is 1.00. The zero-order valence-corrected chi connectivity index (χ0v) is 9.17. The first-order valence-electron chi connectivity index (χ1n) is 4.97. The maximum atomic E-state index is 9.84. The highest BCUT2D eigenvalue weighted by Gasteiger charge is 2.35. The normalized spacial score (nSPS) is 14.5. The molecule has 0 aromatic heterocycles. The second kappa shape index (κ2) is 6.35. The van der Waals surface area contributed by atoms with Gasteiger partial charge in [0, 0.05) is 13.7 Å². The molecule has 0 bridgehead atoms. The quantitative estimate of drug-likeness (QED) is 0.662. The van der Waals surface area contributed by atoms with Crippen LogP contribution in [0.5, 0.6) is 0 Å². The van der Waals surface area contributed by atoms with E-state index in [1.54, 1.807) is 7.11 Å². The first-order valence-corrected chi connectivity index (χ1v) is 4.97. The predicted octanol–water partition coefficient (Wildman–Crippen LogP) is 1.59. The van der Waals surface area contributed by atoms with Gasteiger partial charge in [-0.3, -0.25) is 0 Å². The topological polar surface area (TPSA) is 38.7 Å². The minimum atomic E-state index is -0.535. The number of aliphatic hydroxyl groups excluding tert-OH is 1. The van der Waals surface area contributed by atoms with Gasteiger partial charge in [0.2, 0.25) is 0 Å². The molecular formula is C10H22O3. The number of ether oxygens (including phenoxy) is 2. The number of hydrogen-bond donors (Lipinski definition) is 1. The number of rotatable bonds is 7. The van der Waals surface area contributed by atoms with Gasteiger partial charge in [-0.15, -0.1) is 0 Å². The first-order chi connectivity index (χ1) is 6.16. The fourth-order valence-corrected chi connectivity index (χ4v) is 1.62. The van der Waals surface area contributed by atoms with E-state index in [0.717, 1.165) is 12.8 Å². The molecule has 3 nitrogen and oxygen atoms in total. The molecule has 0 fully saturated rings. The number of aliphatic hydroxyl groups is 1. The van der Waals surface area contributed by atoms with Crippen LogP contribution < -0.4 is 0 Å². The predicted molar refractivity (Wildman–Crippen MR) is 52.8 cm³/mol. The molecule has 13 heavy (non-hydrogen) atoms. The molecule has 0 aromatic rings. The molecule has 80 valence electrons. The highest BCUT2D eigenvalue weighted by atomic mass is 16.5. The van der Waals surface area contributed by atoms with Crippen molar-refractivity contribution in [1.82, 2.24) is 0 Å². The molecule has 0 spiro atoms. The third-order valence-corrected chi connectivity index (χ3v) is 2.56. The highest BCUT2D eigenvalue weighted by molar-refractivity contribution is 4.85. The lowest BCUT2D eigenvalue weighted by molar-refractivity contribution is -0.141. The van der Waals surface area contributed by atoms with Crippen molar-refractivity contribution in [2.45, 2.75) is 45.3 Å². The van der Waals surface area contributed by atoms with Crippen LogP contribution in [-0.2, 0) is 9.47 Å². The number of methoxy groups -OCH3 is 1. The van der Waals surface area contributed by atoms with Crippen molar-refractivity contribution >= 4 is 0 Å². The van der Waals surface area contributed by atoms with Crippen molar-refractivity contribution < 1.29 is 14.6 Å². The summed E-state index contributed by atoms with van der Waals surface area (Å²) in [5.41, 5.74) is -0.426. The zero-order valence-electron chi connectivity index (χ0n) is 9.17. The summed E-state index contributed by atoms with van der Waals surface area (Å²) in [5, 5.41) is 9.84. The van der Waals surface area contributed by atoms with Crippen molar-refractivity contribution in [2.24, 2.45) is 0 Å². The smallest absolute Gasteiger partial charge is 0.106 e. The minimum absolute atomic E-state index is 0.335. The van der Waals surface area contributed by atoms with Gasteiger partial charge in [-0.05, 0) is 19.8 Å². The lowest BCUT2D eigenvalue weighted by atomic mass is 9.90. The lowest BCUT2D eigenvalue weighted by Crippen LogP contribution is -2.46. The monoisotopic (exact) mass is 190 g/mol. The molecule has 0 amide bonds. The van der Waals surface area contributed by atoms with Gasteiger partial charge in [-0.25, -0.2) is 0 Å². The van der Waals surface area contributed by atoms with Crippen molar-refractivity contribution in [3.63, 3.8) is 0 Å². The van der Waals surface area contributed by atoms with Gasteiger partial charge in [0.05, 0.1) is 12.2 Å². The Balaban J connectivity index is 4.33. The van der Waals surface area contributed by atoms with E-state index in [2.05, 4.69) is 0 Å². The lowest BCUT2D eigenvalue weighted by Gasteiger charge is -2.35. The second-order valence-corrected chi connectivity index (χ2v) is 3.18. The summed E-state index contributed by atoms with van der Waals surface area (Å²) in [6.07, 6.45) is 1.08. The van der Waals surface area contributed by atoms with Gasteiger partial charge in [0.15, 0.2) is 0 Å². The van der Waals surface area contributed by atoms with E-state index >= 15 is 0 Å². The molecule has 0 aliphatic rings. The SMILES string of the molecule is CCOC(CC)(CC)C(O)COC. The minimum Gasteiger partial charge on any atom is -0.388 e. The van der Waals surface area contributed by atoms with E-state index in [0.29, 0.717) is 13.2 Å². The Morgan fingerprint density at radius 1 is 1.23 bits per heavy atom. The van der Waals surface area contributed by atoms with Crippen molar-refractivity contribution in [3.8, 4) is 0 Å². The van der Waals surface area contributed by atoms with Crippen LogP contribution in [0.3, 0.4) is 0 Å². The zero-order chi connectivity index (χ0) is 10.3. The Morgan fingerprint density at radius 2 is 1.77 bits per heavy atom. The van der Waals surface area contributed by atoms with E-state index in [4.69, 9.17) is 9.47 Å². The Labute approximate surface area is 81.0 Å². The van der Waals surface area contributed by atoms with E-state index < -0.39 is 11.7 Å². The molecule has 0 radical (unpaired) electrons. The molecule has 0 aliphatic heterocycles. The Bertz CT molecular complexity index is 121. The van der Waals surface area contributed by atoms with Gasteiger partial charge in [0.25, 0.3) is 0 Å². The van der Waals surface area contributed by atoms with Crippen LogP contribution in [0.4, 0.5) is 0 Å². The molecule has 1 N–H and O–H groups in total. The summed E-state index contributed by atoms with van der Waals surface area (Å²) < 4.78 is 10.5. The Hall–Kier alpha value is -0.120. The van der Waals surface area contributed by atoms with Gasteiger partial charge >= 0.3 is 0 Å². The molecule has 0 saturated carbocycles. The van der Waals surface area contributed by atoms with E-state index in [-0.39, 0.29) is 0 Å². The summed E-state index contributed by atoms with van der Waals surface area (Å²) >= 11 is 0. The molecule has 1 unspecified atom stereocenters. The Kier molecular flexibility index (Phi) is 6.29. The molecule has 1 atom stereocenters. The average Bonchev–Trinajstić information content (AvgIpc) is 2.14. The van der Waals surface area contributed by atoms with Crippen LogP contribution in [0.2, 0.25) is 0 Å². The van der Waals surface area contributed by atoms with E-state index in [1.807, 2.05) is 20.8 Å². The molecular weight excluding hydrogens is 168 g/mol. The average molecular weight is 190 g/mol. The van der Waals surface area contributed by atoms with Crippen LogP contribution in [0.15, 0.2) is 0 Å². The van der Waals surface area contributed by atoms with Gasteiger partial charge in [-0.2, -0.15) is 0 Å². The Morgan fingerprint density at radius 3 is 2.08 bits per heavy atom. The standard InChI is InChI=1S/C10H22O3/c1-5-10(6-2,13-7-3)9(11)8-12-4/h9,11H,5-8H2,1-4H3. The highest BCUT2D eigenvalue weighted by Crippen LogP contribution is 2.25. The molecule has 0 aromatic carbocycles. The van der Waals surface area contributed by atoms with Crippen LogP contribution in [0, 0.1) is 0 Å². The molecule has 3 heteroatoms. The van der Waals surface area contributed by atoms with Crippen LogP contribution in [0.1, 0.15) is 33.6 Å². The summed E-state index contributed by atoms with van der Waals surface area (Å²) in [6.45, 7) is 6.96.